The molecule has 0 unspecified atom stereocenters. The second kappa shape index (κ2) is 5.53. The van der Waals surface area contributed by atoms with Gasteiger partial charge < -0.3 is 10.1 Å². The highest BCUT2D eigenvalue weighted by molar-refractivity contribution is 5.45. The first kappa shape index (κ1) is 14.1. The Morgan fingerprint density at radius 3 is 2.95 bits per heavy atom. The van der Waals surface area contributed by atoms with E-state index in [1.807, 2.05) is 17.9 Å². The molecule has 4 heteroatoms. The summed E-state index contributed by atoms with van der Waals surface area (Å²) in [7, 11) is 1.98. The van der Waals surface area contributed by atoms with E-state index >= 15 is 0 Å². The van der Waals surface area contributed by atoms with E-state index in [1.54, 1.807) is 0 Å². The van der Waals surface area contributed by atoms with Crippen molar-refractivity contribution in [3.63, 3.8) is 0 Å². The lowest BCUT2D eigenvalue weighted by molar-refractivity contribution is 0.137. The van der Waals surface area contributed by atoms with Gasteiger partial charge in [0.1, 0.15) is 11.4 Å². The molecule has 2 aromatic rings. The average molecular weight is 285 g/mol. The van der Waals surface area contributed by atoms with Crippen molar-refractivity contribution in [2.45, 2.75) is 38.8 Å². The van der Waals surface area contributed by atoms with Crippen LogP contribution < -0.4 is 10.1 Å². The molecule has 1 aromatic heterocycles. The Balaban J connectivity index is 1.58. The third kappa shape index (κ3) is 3.10. The smallest absolute Gasteiger partial charge is 0.127 e. The van der Waals surface area contributed by atoms with Crippen LogP contribution in [0.25, 0.3) is 0 Å². The summed E-state index contributed by atoms with van der Waals surface area (Å²) >= 11 is 0. The van der Waals surface area contributed by atoms with E-state index in [2.05, 4.69) is 48.5 Å². The highest BCUT2D eigenvalue weighted by Gasteiger charge is 2.31. The molecule has 0 radical (unpaired) electrons. The van der Waals surface area contributed by atoms with Crippen molar-refractivity contribution in [1.82, 2.24) is 15.1 Å². The number of benzene rings is 1. The lowest BCUT2D eigenvalue weighted by Crippen LogP contribution is -2.25. The zero-order chi connectivity index (χ0) is 14.9. The molecule has 0 fully saturated rings. The van der Waals surface area contributed by atoms with Crippen molar-refractivity contribution in [2.24, 2.45) is 7.05 Å². The summed E-state index contributed by atoms with van der Waals surface area (Å²) in [5.41, 5.74) is 3.75. The normalized spacial score (nSPS) is 15.8. The molecule has 0 aliphatic carbocycles. The van der Waals surface area contributed by atoms with Crippen LogP contribution in [0.2, 0.25) is 0 Å². The quantitative estimate of drug-likeness (QED) is 0.858. The lowest BCUT2D eigenvalue weighted by Gasteiger charge is -2.18. The zero-order valence-electron chi connectivity index (χ0n) is 13.0. The predicted octanol–water partition coefficient (Wildman–Crippen LogP) is 2.47. The van der Waals surface area contributed by atoms with Gasteiger partial charge in [0.25, 0.3) is 0 Å². The molecule has 1 aromatic carbocycles. The van der Waals surface area contributed by atoms with Crippen LogP contribution in [0.4, 0.5) is 0 Å². The number of rotatable bonds is 5. The van der Waals surface area contributed by atoms with E-state index in [9.17, 15) is 0 Å². The van der Waals surface area contributed by atoms with Gasteiger partial charge in [-0.1, -0.05) is 18.2 Å². The van der Waals surface area contributed by atoms with E-state index < -0.39 is 0 Å². The summed E-state index contributed by atoms with van der Waals surface area (Å²) in [6.45, 7) is 6.07. The van der Waals surface area contributed by atoms with Crippen LogP contribution in [-0.4, -0.2) is 21.9 Å². The van der Waals surface area contributed by atoms with Crippen LogP contribution in [-0.2, 0) is 26.4 Å². The second-order valence-corrected chi connectivity index (χ2v) is 6.32. The maximum atomic E-state index is 6.09. The molecule has 0 saturated heterocycles. The number of hydrogen-bond donors (Lipinski definition) is 1. The maximum Gasteiger partial charge on any atom is 0.127 e. The van der Waals surface area contributed by atoms with Crippen molar-refractivity contribution in [2.75, 3.05) is 6.54 Å². The van der Waals surface area contributed by atoms with Gasteiger partial charge in [-0.3, -0.25) is 4.68 Å². The first-order valence-corrected chi connectivity index (χ1v) is 7.52. The number of ether oxygens (including phenoxy) is 1. The maximum absolute atomic E-state index is 6.09. The molecule has 0 bridgehead atoms. The SMILES string of the molecule is Cn1nccc1CCNCc1cccc2c1OC(C)(C)C2. The molecule has 1 aliphatic rings. The summed E-state index contributed by atoms with van der Waals surface area (Å²) in [5, 5.41) is 7.69. The largest absolute Gasteiger partial charge is 0.487 e. The van der Waals surface area contributed by atoms with Gasteiger partial charge in [0.15, 0.2) is 0 Å². The molecule has 0 atom stereocenters. The van der Waals surface area contributed by atoms with Crippen LogP contribution in [0.1, 0.15) is 30.7 Å². The number of fused-ring (bicyclic) bond motifs is 1. The molecule has 0 amide bonds. The summed E-state index contributed by atoms with van der Waals surface area (Å²) in [5.74, 6) is 1.08. The van der Waals surface area contributed by atoms with Gasteiger partial charge in [-0.05, 0) is 25.5 Å². The number of nitrogens with zero attached hydrogens (tertiary/aromatic N) is 2. The number of para-hydroxylation sites is 1. The lowest BCUT2D eigenvalue weighted by atomic mass is 10.0. The highest BCUT2D eigenvalue weighted by atomic mass is 16.5. The van der Waals surface area contributed by atoms with Crippen LogP contribution in [0.15, 0.2) is 30.5 Å². The minimum atomic E-state index is -0.0762. The molecule has 21 heavy (non-hydrogen) atoms. The van der Waals surface area contributed by atoms with Crippen LogP contribution in [0, 0.1) is 0 Å². The van der Waals surface area contributed by atoms with E-state index in [0.717, 1.165) is 31.7 Å². The first-order valence-electron chi connectivity index (χ1n) is 7.52. The predicted molar refractivity (Wildman–Crippen MR) is 83.5 cm³/mol. The van der Waals surface area contributed by atoms with E-state index in [1.165, 1.54) is 16.8 Å². The van der Waals surface area contributed by atoms with E-state index in [0.29, 0.717) is 0 Å². The summed E-state index contributed by atoms with van der Waals surface area (Å²) < 4.78 is 8.02. The third-order valence-electron chi connectivity index (χ3n) is 3.97. The average Bonchev–Trinajstić information content (AvgIpc) is 2.96. The van der Waals surface area contributed by atoms with Gasteiger partial charge in [-0.25, -0.2) is 0 Å². The van der Waals surface area contributed by atoms with E-state index in [-0.39, 0.29) is 5.60 Å². The highest BCUT2D eigenvalue weighted by Crippen LogP contribution is 2.37. The monoisotopic (exact) mass is 285 g/mol. The summed E-state index contributed by atoms with van der Waals surface area (Å²) in [6, 6.07) is 8.51. The Hall–Kier alpha value is -1.81. The molecule has 0 saturated carbocycles. The fraction of sp³-hybridized carbons (Fsp3) is 0.471. The van der Waals surface area contributed by atoms with Crippen molar-refractivity contribution in [3.05, 3.63) is 47.3 Å². The number of aryl methyl sites for hydroxylation is 1. The van der Waals surface area contributed by atoms with E-state index in [4.69, 9.17) is 4.74 Å². The standard InChI is InChI=1S/C17H23N3O/c1-17(2)11-13-5-4-6-14(16(13)21-17)12-18-9-7-15-8-10-19-20(15)3/h4-6,8,10,18H,7,9,11-12H2,1-3H3. The van der Waals surface area contributed by atoms with Crippen LogP contribution in [0.3, 0.4) is 0 Å². The van der Waals surface area contributed by atoms with Gasteiger partial charge in [-0.2, -0.15) is 5.10 Å². The molecule has 2 heterocycles. The van der Waals surface area contributed by atoms with Crippen LogP contribution >= 0.6 is 0 Å². The van der Waals surface area contributed by atoms with Gasteiger partial charge in [0, 0.05) is 50.4 Å². The Morgan fingerprint density at radius 1 is 1.33 bits per heavy atom. The first-order chi connectivity index (χ1) is 10.1. The summed E-state index contributed by atoms with van der Waals surface area (Å²) in [4.78, 5) is 0. The molecule has 112 valence electrons. The molecule has 0 spiro atoms. The van der Waals surface area contributed by atoms with Crippen molar-refractivity contribution in [1.29, 1.82) is 0 Å². The Kier molecular flexibility index (Phi) is 3.72. The molecule has 3 rings (SSSR count). The molecule has 1 N–H and O–H groups in total. The second-order valence-electron chi connectivity index (χ2n) is 6.32. The fourth-order valence-corrected chi connectivity index (χ4v) is 2.90. The van der Waals surface area contributed by atoms with Gasteiger partial charge in [0.05, 0.1) is 0 Å². The molecular formula is C17H23N3O. The fourth-order valence-electron chi connectivity index (χ4n) is 2.90. The molecular weight excluding hydrogens is 262 g/mol. The molecule has 4 nitrogen and oxygen atoms in total. The van der Waals surface area contributed by atoms with Crippen LogP contribution in [0.5, 0.6) is 5.75 Å². The van der Waals surface area contributed by atoms with Gasteiger partial charge >= 0.3 is 0 Å². The Labute approximate surface area is 126 Å². The third-order valence-corrected chi connectivity index (χ3v) is 3.97. The molecule has 1 aliphatic heterocycles. The number of aromatic nitrogens is 2. The van der Waals surface area contributed by atoms with Gasteiger partial charge in [-0.15, -0.1) is 0 Å². The number of nitrogens with one attached hydrogen (secondary N) is 1. The zero-order valence-corrected chi connectivity index (χ0v) is 13.0. The minimum Gasteiger partial charge on any atom is -0.487 e. The number of hydrogen-bond acceptors (Lipinski definition) is 3. The minimum absolute atomic E-state index is 0.0762. The van der Waals surface area contributed by atoms with Crippen molar-refractivity contribution < 1.29 is 4.74 Å². The summed E-state index contributed by atoms with van der Waals surface area (Å²) in [6.07, 6.45) is 3.82. The topological polar surface area (TPSA) is 39.1 Å². The van der Waals surface area contributed by atoms with Crippen molar-refractivity contribution in [3.8, 4) is 5.75 Å². The Morgan fingerprint density at radius 2 is 2.19 bits per heavy atom. The Bertz CT molecular complexity index is 631. The van der Waals surface area contributed by atoms with Crippen molar-refractivity contribution >= 4 is 0 Å². The van der Waals surface area contributed by atoms with Gasteiger partial charge in [0.2, 0.25) is 0 Å².